The second-order valence-electron chi connectivity index (χ2n) is 6.60. The number of benzene rings is 1. The summed E-state index contributed by atoms with van der Waals surface area (Å²) < 4.78 is 11.0. The molecule has 0 atom stereocenters. The summed E-state index contributed by atoms with van der Waals surface area (Å²) >= 11 is 0. The third kappa shape index (κ3) is 9.28. The zero-order valence-corrected chi connectivity index (χ0v) is 17.2. The third-order valence-electron chi connectivity index (χ3n) is 3.88. The summed E-state index contributed by atoms with van der Waals surface area (Å²) in [6.07, 6.45) is 0.850. The lowest BCUT2D eigenvalue weighted by molar-refractivity contribution is -0.123. The number of aliphatic imine (C=N–C) groups is 1. The molecule has 7 heteroatoms. The number of methoxy groups -OCH3 is 1. The summed E-state index contributed by atoms with van der Waals surface area (Å²) in [4.78, 5) is 15.8. The topological polar surface area (TPSA) is 84.0 Å². The molecule has 0 aliphatic heterocycles. The molecule has 0 saturated heterocycles. The van der Waals surface area contributed by atoms with Gasteiger partial charge in [0.2, 0.25) is 5.91 Å². The maximum absolute atomic E-state index is 11.6. The highest BCUT2D eigenvalue weighted by molar-refractivity contribution is 5.80. The first-order valence-corrected chi connectivity index (χ1v) is 9.41. The smallest absolute Gasteiger partial charge is 0.222 e. The normalized spacial score (nSPS) is 11.4. The number of amides is 1. The Morgan fingerprint density at radius 3 is 2.56 bits per heavy atom. The standard InChI is InChI=1S/C20H34N4O3/c1-15(2)19(25)22-9-10-23-20(21-4)24-14-17-8-7-16(3)13-18(17)27-12-6-11-26-5/h7-8,13,15H,6,9-12,14H2,1-5H3,(H,22,25)(H2,21,23,24). The number of aryl methyl sites for hydroxylation is 1. The largest absolute Gasteiger partial charge is 0.493 e. The van der Waals surface area contributed by atoms with Crippen LogP contribution in [-0.4, -0.2) is 52.3 Å². The van der Waals surface area contributed by atoms with Crippen molar-refractivity contribution in [2.75, 3.05) is 40.5 Å². The molecular weight excluding hydrogens is 344 g/mol. The van der Waals surface area contributed by atoms with Gasteiger partial charge in [-0.3, -0.25) is 9.79 Å². The molecule has 1 aromatic rings. The van der Waals surface area contributed by atoms with Crippen LogP contribution in [0.1, 0.15) is 31.4 Å². The number of carbonyl (C=O) groups is 1. The van der Waals surface area contributed by atoms with E-state index in [0.29, 0.717) is 38.8 Å². The first kappa shape index (κ1) is 22.8. The summed E-state index contributed by atoms with van der Waals surface area (Å²) in [5, 5.41) is 9.34. The maximum atomic E-state index is 11.6. The lowest BCUT2D eigenvalue weighted by Gasteiger charge is -2.16. The SMILES string of the molecule is CN=C(NCCNC(=O)C(C)C)NCc1ccc(C)cc1OCCCOC. The molecule has 0 heterocycles. The van der Waals surface area contributed by atoms with E-state index in [1.807, 2.05) is 26.8 Å². The average Bonchev–Trinajstić information content (AvgIpc) is 2.65. The lowest BCUT2D eigenvalue weighted by Crippen LogP contribution is -2.41. The van der Waals surface area contributed by atoms with Crippen LogP contribution in [0.3, 0.4) is 0 Å². The van der Waals surface area contributed by atoms with Crippen LogP contribution in [0, 0.1) is 12.8 Å². The molecule has 3 N–H and O–H groups in total. The van der Waals surface area contributed by atoms with Crippen molar-refractivity contribution in [1.82, 2.24) is 16.0 Å². The number of ether oxygens (including phenoxy) is 2. The Kier molecular flexibility index (Phi) is 10.9. The molecule has 0 aliphatic carbocycles. The molecule has 0 bridgehead atoms. The van der Waals surface area contributed by atoms with Crippen molar-refractivity contribution < 1.29 is 14.3 Å². The van der Waals surface area contributed by atoms with Crippen LogP contribution < -0.4 is 20.7 Å². The number of carbonyl (C=O) groups excluding carboxylic acids is 1. The van der Waals surface area contributed by atoms with E-state index in [1.165, 1.54) is 0 Å². The zero-order valence-electron chi connectivity index (χ0n) is 17.2. The zero-order chi connectivity index (χ0) is 20.1. The number of nitrogens with zero attached hydrogens (tertiary/aromatic N) is 1. The Balaban J connectivity index is 2.48. The van der Waals surface area contributed by atoms with Gasteiger partial charge in [-0.25, -0.2) is 0 Å². The van der Waals surface area contributed by atoms with Crippen molar-refractivity contribution in [2.45, 2.75) is 33.7 Å². The number of guanidine groups is 1. The fourth-order valence-corrected chi connectivity index (χ4v) is 2.30. The van der Waals surface area contributed by atoms with Crippen LogP contribution in [0.25, 0.3) is 0 Å². The molecule has 0 radical (unpaired) electrons. The number of hydrogen-bond donors (Lipinski definition) is 3. The molecule has 1 amide bonds. The van der Waals surface area contributed by atoms with Crippen molar-refractivity contribution in [3.05, 3.63) is 29.3 Å². The predicted molar refractivity (Wildman–Crippen MR) is 109 cm³/mol. The van der Waals surface area contributed by atoms with Crippen molar-refractivity contribution in [3.63, 3.8) is 0 Å². The van der Waals surface area contributed by atoms with E-state index in [-0.39, 0.29) is 11.8 Å². The molecule has 0 fully saturated rings. The van der Waals surface area contributed by atoms with E-state index in [4.69, 9.17) is 9.47 Å². The number of rotatable bonds is 11. The summed E-state index contributed by atoms with van der Waals surface area (Å²) in [5.41, 5.74) is 2.22. The van der Waals surface area contributed by atoms with Gasteiger partial charge >= 0.3 is 0 Å². The van der Waals surface area contributed by atoms with E-state index in [9.17, 15) is 4.79 Å². The summed E-state index contributed by atoms with van der Waals surface area (Å²) in [6, 6.07) is 6.17. The van der Waals surface area contributed by atoms with E-state index in [1.54, 1.807) is 14.2 Å². The lowest BCUT2D eigenvalue weighted by atomic mass is 10.1. The Bertz CT molecular complexity index is 603. The molecule has 27 heavy (non-hydrogen) atoms. The van der Waals surface area contributed by atoms with Crippen LogP contribution in [0.2, 0.25) is 0 Å². The fourth-order valence-electron chi connectivity index (χ4n) is 2.30. The Morgan fingerprint density at radius 2 is 1.89 bits per heavy atom. The van der Waals surface area contributed by atoms with E-state index in [0.717, 1.165) is 23.3 Å². The highest BCUT2D eigenvalue weighted by Gasteiger charge is 2.07. The minimum absolute atomic E-state index is 0.00807. The average molecular weight is 379 g/mol. The highest BCUT2D eigenvalue weighted by Crippen LogP contribution is 2.20. The summed E-state index contributed by atoms with van der Waals surface area (Å²) in [6.45, 7) is 8.85. The second kappa shape index (κ2) is 13.0. The number of nitrogens with one attached hydrogen (secondary N) is 3. The van der Waals surface area contributed by atoms with Gasteiger partial charge in [0.05, 0.1) is 6.61 Å². The number of hydrogen-bond acceptors (Lipinski definition) is 4. The van der Waals surface area contributed by atoms with Gasteiger partial charge < -0.3 is 25.4 Å². The van der Waals surface area contributed by atoms with Gasteiger partial charge in [0.15, 0.2) is 5.96 Å². The van der Waals surface area contributed by atoms with Gasteiger partial charge in [0, 0.05) is 58.3 Å². The van der Waals surface area contributed by atoms with Crippen LogP contribution in [0.5, 0.6) is 5.75 Å². The minimum Gasteiger partial charge on any atom is -0.493 e. The van der Waals surface area contributed by atoms with Gasteiger partial charge in [-0.15, -0.1) is 0 Å². The molecule has 152 valence electrons. The highest BCUT2D eigenvalue weighted by atomic mass is 16.5. The Hall–Kier alpha value is -2.28. The first-order chi connectivity index (χ1) is 13.0. The Morgan fingerprint density at radius 1 is 1.15 bits per heavy atom. The van der Waals surface area contributed by atoms with Crippen LogP contribution in [-0.2, 0) is 16.1 Å². The van der Waals surface area contributed by atoms with Crippen molar-refractivity contribution in [1.29, 1.82) is 0 Å². The van der Waals surface area contributed by atoms with Crippen LogP contribution >= 0.6 is 0 Å². The van der Waals surface area contributed by atoms with Gasteiger partial charge in [-0.05, 0) is 18.6 Å². The molecule has 7 nitrogen and oxygen atoms in total. The molecule has 1 rings (SSSR count). The van der Waals surface area contributed by atoms with Crippen molar-refractivity contribution in [3.8, 4) is 5.75 Å². The quantitative estimate of drug-likeness (QED) is 0.311. The second-order valence-corrected chi connectivity index (χ2v) is 6.60. The molecular formula is C20H34N4O3. The molecule has 0 unspecified atom stereocenters. The summed E-state index contributed by atoms with van der Waals surface area (Å²) in [7, 11) is 3.41. The van der Waals surface area contributed by atoms with Crippen LogP contribution in [0.4, 0.5) is 0 Å². The first-order valence-electron chi connectivity index (χ1n) is 9.41. The summed E-state index contributed by atoms with van der Waals surface area (Å²) in [5.74, 6) is 1.60. The molecule has 0 aliphatic rings. The monoisotopic (exact) mass is 378 g/mol. The van der Waals surface area contributed by atoms with Gasteiger partial charge in [-0.2, -0.15) is 0 Å². The van der Waals surface area contributed by atoms with E-state index < -0.39 is 0 Å². The Labute approximate surface area is 162 Å². The third-order valence-corrected chi connectivity index (χ3v) is 3.88. The van der Waals surface area contributed by atoms with Gasteiger partial charge in [0.1, 0.15) is 5.75 Å². The van der Waals surface area contributed by atoms with E-state index >= 15 is 0 Å². The van der Waals surface area contributed by atoms with Crippen molar-refractivity contribution >= 4 is 11.9 Å². The molecule has 0 saturated carbocycles. The fraction of sp³-hybridized carbons (Fsp3) is 0.600. The maximum Gasteiger partial charge on any atom is 0.222 e. The van der Waals surface area contributed by atoms with Crippen molar-refractivity contribution in [2.24, 2.45) is 10.9 Å². The minimum atomic E-state index is -0.00807. The van der Waals surface area contributed by atoms with Gasteiger partial charge in [-0.1, -0.05) is 26.0 Å². The van der Waals surface area contributed by atoms with Gasteiger partial charge in [0.25, 0.3) is 0 Å². The molecule has 0 spiro atoms. The molecule has 1 aromatic carbocycles. The van der Waals surface area contributed by atoms with E-state index in [2.05, 4.69) is 33.1 Å². The van der Waals surface area contributed by atoms with Crippen LogP contribution in [0.15, 0.2) is 23.2 Å². The molecule has 0 aromatic heterocycles. The predicted octanol–water partition coefficient (Wildman–Crippen LogP) is 1.85.